The van der Waals surface area contributed by atoms with Crippen LogP contribution < -0.4 is 5.32 Å². The van der Waals surface area contributed by atoms with Gasteiger partial charge in [-0.1, -0.05) is 0 Å². The van der Waals surface area contributed by atoms with Crippen LogP contribution in [0.25, 0.3) is 0 Å². The van der Waals surface area contributed by atoms with E-state index in [0.29, 0.717) is 22.1 Å². The predicted octanol–water partition coefficient (Wildman–Crippen LogP) is 0.926. The summed E-state index contributed by atoms with van der Waals surface area (Å²) in [6.45, 7) is 5.23. The van der Waals surface area contributed by atoms with Crippen molar-refractivity contribution in [3.63, 3.8) is 0 Å². The number of thioether (sulfide) groups is 1. The fourth-order valence-corrected chi connectivity index (χ4v) is 2.10. The van der Waals surface area contributed by atoms with Gasteiger partial charge in [-0.25, -0.2) is 9.97 Å². The molecular weight excluding hydrogens is 238 g/mol. The SMILES string of the molecule is CSc1nc(C)nc(C)c1C(=O)N[C@H](C)CO. The first-order chi connectivity index (χ1) is 7.99. The topological polar surface area (TPSA) is 75.1 Å². The summed E-state index contributed by atoms with van der Waals surface area (Å²) in [7, 11) is 0. The van der Waals surface area contributed by atoms with Gasteiger partial charge in [0.1, 0.15) is 10.9 Å². The summed E-state index contributed by atoms with van der Waals surface area (Å²) < 4.78 is 0. The van der Waals surface area contributed by atoms with Crippen LogP contribution in [0.3, 0.4) is 0 Å². The molecule has 1 aromatic rings. The van der Waals surface area contributed by atoms with Crippen molar-refractivity contribution in [1.29, 1.82) is 0 Å². The van der Waals surface area contributed by atoms with Crippen molar-refractivity contribution >= 4 is 17.7 Å². The van der Waals surface area contributed by atoms with Gasteiger partial charge in [-0.15, -0.1) is 11.8 Å². The largest absolute Gasteiger partial charge is 0.394 e. The zero-order valence-corrected chi connectivity index (χ0v) is 11.3. The summed E-state index contributed by atoms with van der Waals surface area (Å²) in [6, 6.07) is -0.280. The summed E-state index contributed by atoms with van der Waals surface area (Å²) in [6.07, 6.45) is 1.87. The Balaban J connectivity index is 3.08. The van der Waals surface area contributed by atoms with Crippen LogP contribution in [0, 0.1) is 13.8 Å². The van der Waals surface area contributed by atoms with E-state index >= 15 is 0 Å². The van der Waals surface area contributed by atoms with Gasteiger partial charge in [0.25, 0.3) is 5.91 Å². The second kappa shape index (κ2) is 5.97. The number of aliphatic hydroxyl groups is 1. The van der Waals surface area contributed by atoms with Crippen LogP contribution in [0.15, 0.2) is 5.03 Å². The third-order valence-corrected chi connectivity index (χ3v) is 2.92. The molecule has 1 heterocycles. The van der Waals surface area contributed by atoms with Crippen LogP contribution in [0.2, 0.25) is 0 Å². The van der Waals surface area contributed by atoms with E-state index in [-0.39, 0.29) is 18.6 Å². The highest BCUT2D eigenvalue weighted by Crippen LogP contribution is 2.20. The third kappa shape index (κ3) is 3.41. The fraction of sp³-hybridized carbons (Fsp3) is 0.545. The number of carbonyl (C=O) groups excluding carboxylic acids is 1. The van der Waals surface area contributed by atoms with Gasteiger partial charge < -0.3 is 10.4 Å². The van der Waals surface area contributed by atoms with Crippen LogP contribution in [0.5, 0.6) is 0 Å². The zero-order valence-electron chi connectivity index (χ0n) is 10.4. The molecule has 2 N–H and O–H groups in total. The molecule has 0 aliphatic heterocycles. The molecule has 0 unspecified atom stereocenters. The normalized spacial score (nSPS) is 12.3. The molecule has 0 radical (unpaired) electrons. The molecule has 17 heavy (non-hydrogen) atoms. The van der Waals surface area contributed by atoms with Crippen LogP contribution in [0.1, 0.15) is 28.8 Å². The van der Waals surface area contributed by atoms with Gasteiger partial charge >= 0.3 is 0 Å². The van der Waals surface area contributed by atoms with Gasteiger partial charge in [-0.05, 0) is 27.0 Å². The molecule has 0 bridgehead atoms. The second-order valence-electron chi connectivity index (χ2n) is 3.80. The van der Waals surface area contributed by atoms with E-state index in [2.05, 4.69) is 15.3 Å². The number of aliphatic hydroxyl groups excluding tert-OH is 1. The number of hydrogen-bond acceptors (Lipinski definition) is 5. The lowest BCUT2D eigenvalue weighted by molar-refractivity contribution is 0.0917. The number of amides is 1. The van der Waals surface area contributed by atoms with Crippen molar-refractivity contribution in [3.05, 3.63) is 17.1 Å². The van der Waals surface area contributed by atoms with Gasteiger partial charge in [0.05, 0.1) is 17.9 Å². The van der Waals surface area contributed by atoms with Crippen molar-refractivity contribution in [1.82, 2.24) is 15.3 Å². The van der Waals surface area contributed by atoms with E-state index < -0.39 is 0 Å². The molecule has 1 aromatic heterocycles. The quantitative estimate of drug-likeness (QED) is 0.618. The summed E-state index contributed by atoms with van der Waals surface area (Å²) in [5.74, 6) is 0.409. The Morgan fingerprint density at radius 1 is 1.47 bits per heavy atom. The molecule has 0 aromatic carbocycles. The van der Waals surface area contributed by atoms with Gasteiger partial charge in [-0.3, -0.25) is 4.79 Å². The molecule has 0 aliphatic rings. The minimum atomic E-state index is -0.280. The number of carbonyl (C=O) groups is 1. The lowest BCUT2D eigenvalue weighted by Gasteiger charge is -2.14. The number of aryl methyl sites for hydroxylation is 2. The molecule has 1 atom stereocenters. The Morgan fingerprint density at radius 2 is 2.12 bits per heavy atom. The summed E-state index contributed by atoms with van der Waals surface area (Å²) in [5, 5.41) is 12.3. The molecule has 0 saturated carbocycles. The lowest BCUT2D eigenvalue weighted by atomic mass is 10.2. The second-order valence-corrected chi connectivity index (χ2v) is 4.59. The number of aromatic nitrogens is 2. The lowest BCUT2D eigenvalue weighted by Crippen LogP contribution is -2.36. The monoisotopic (exact) mass is 255 g/mol. The maximum atomic E-state index is 12.0. The van der Waals surface area contributed by atoms with Gasteiger partial charge in [0, 0.05) is 6.04 Å². The van der Waals surface area contributed by atoms with E-state index in [9.17, 15) is 4.79 Å². The molecule has 0 spiro atoms. The van der Waals surface area contributed by atoms with Crippen molar-refractivity contribution < 1.29 is 9.90 Å². The predicted molar refractivity (Wildman–Crippen MR) is 67.3 cm³/mol. The Kier molecular flexibility index (Phi) is 4.89. The minimum Gasteiger partial charge on any atom is -0.394 e. The number of nitrogens with zero attached hydrogens (tertiary/aromatic N) is 2. The standard InChI is InChI=1S/C11H17N3O2S/c1-6(5-15)12-10(16)9-7(2)13-8(3)14-11(9)17-4/h6,15H,5H2,1-4H3,(H,12,16)/t6-/m1/s1. The van der Waals surface area contributed by atoms with Crippen molar-refractivity contribution in [2.24, 2.45) is 0 Å². The minimum absolute atomic E-state index is 0.0912. The van der Waals surface area contributed by atoms with Crippen molar-refractivity contribution in [2.75, 3.05) is 12.9 Å². The van der Waals surface area contributed by atoms with Crippen LogP contribution in [-0.2, 0) is 0 Å². The Morgan fingerprint density at radius 3 is 2.65 bits per heavy atom. The van der Waals surface area contributed by atoms with E-state index in [0.717, 1.165) is 0 Å². The number of nitrogens with one attached hydrogen (secondary N) is 1. The Bertz CT molecular complexity index is 423. The van der Waals surface area contributed by atoms with Crippen LogP contribution in [-0.4, -0.2) is 39.9 Å². The van der Waals surface area contributed by atoms with Gasteiger partial charge in [0.2, 0.25) is 0 Å². The highest BCUT2D eigenvalue weighted by Gasteiger charge is 2.18. The number of rotatable bonds is 4. The zero-order chi connectivity index (χ0) is 13.0. The molecular formula is C11H17N3O2S. The third-order valence-electron chi connectivity index (χ3n) is 2.24. The van der Waals surface area contributed by atoms with E-state index in [4.69, 9.17) is 5.11 Å². The molecule has 1 rings (SSSR count). The molecule has 0 saturated heterocycles. The molecule has 0 aliphatic carbocycles. The maximum absolute atomic E-state index is 12.0. The molecule has 1 amide bonds. The number of hydrogen-bond donors (Lipinski definition) is 2. The summed E-state index contributed by atoms with van der Waals surface area (Å²) in [5.41, 5.74) is 1.15. The molecule has 94 valence electrons. The Labute approximate surface area is 105 Å². The summed E-state index contributed by atoms with van der Waals surface area (Å²) >= 11 is 1.41. The van der Waals surface area contributed by atoms with Crippen molar-refractivity contribution in [2.45, 2.75) is 31.8 Å². The van der Waals surface area contributed by atoms with Crippen LogP contribution >= 0.6 is 11.8 Å². The average molecular weight is 255 g/mol. The molecule has 5 nitrogen and oxygen atoms in total. The smallest absolute Gasteiger partial charge is 0.256 e. The molecule has 6 heteroatoms. The fourth-order valence-electron chi connectivity index (χ4n) is 1.43. The van der Waals surface area contributed by atoms with Gasteiger partial charge in [0.15, 0.2) is 0 Å². The first-order valence-electron chi connectivity index (χ1n) is 5.30. The van der Waals surface area contributed by atoms with E-state index in [1.807, 2.05) is 6.26 Å². The van der Waals surface area contributed by atoms with Crippen molar-refractivity contribution in [3.8, 4) is 0 Å². The maximum Gasteiger partial charge on any atom is 0.256 e. The Hall–Kier alpha value is -1.14. The van der Waals surface area contributed by atoms with Gasteiger partial charge in [-0.2, -0.15) is 0 Å². The van der Waals surface area contributed by atoms with E-state index in [1.165, 1.54) is 11.8 Å². The highest BCUT2D eigenvalue weighted by atomic mass is 32.2. The van der Waals surface area contributed by atoms with E-state index in [1.54, 1.807) is 20.8 Å². The molecule has 0 fully saturated rings. The first kappa shape index (κ1) is 13.9. The first-order valence-corrected chi connectivity index (χ1v) is 6.53. The average Bonchev–Trinajstić information content (AvgIpc) is 2.27. The van der Waals surface area contributed by atoms with Crippen LogP contribution in [0.4, 0.5) is 0 Å². The summed E-state index contributed by atoms with van der Waals surface area (Å²) in [4.78, 5) is 20.4. The highest BCUT2D eigenvalue weighted by molar-refractivity contribution is 7.98.